The quantitative estimate of drug-likeness (QED) is 0.377. The molecule has 2 aliphatic heterocycles. The summed E-state index contributed by atoms with van der Waals surface area (Å²) in [6.45, 7) is 1.25. The molecule has 3 heterocycles. The summed E-state index contributed by atoms with van der Waals surface area (Å²) in [5.74, 6) is -2.39. The zero-order valence-corrected chi connectivity index (χ0v) is 24.5. The van der Waals surface area contributed by atoms with Crippen molar-refractivity contribution in [3.05, 3.63) is 84.2 Å². The van der Waals surface area contributed by atoms with Crippen LogP contribution in [-0.4, -0.2) is 107 Å². The van der Waals surface area contributed by atoms with E-state index in [2.05, 4.69) is 21.0 Å². The van der Waals surface area contributed by atoms with Gasteiger partial charge in [-0.3, -0.25) is 24.0 Å². The molecule has 230 valence electrons. The van der Waals surface area contributed by atoms with Crippen LogP contribution >= 0.6 is 0 Å². The Balaban J connectivity index is 1.42. The number of ether oxygens (including phenoxy) is 1. The number of hydrogen-bond donors (Lipinski definition) is 3. The average Bonchev–Trinajstić information content (AvgIpc) is 3.58. The van der Waals surface area contributed by atoms with E-state index in [0.29, 0.717) is 11.3 Å². The van der Waals surface area contributed by atoms with Gasteiger partial charge in [0, 0.05) is 44.5 Å². The van der Waals surface area contributed by atoms with E-state index in [-0.39, 0.29) is 38.5 Å². The Morgan fingerprint density at radius 1 is 0.977 bits per heavy atom. The second-order valence-corrected chi connectivity index (χ2v) is 10.9. The van der Waals surface area contributed by atoms with Crippen LogP contribution in [0.1, 0.15) is 22.8 Å². The first-order valence-corrected chi connectivity index (χ1v) is 14.4. The zero-order valence-electron chi connectivity index (χ0n) is 24.5. The molecular weight excluding hydrogens is 566 g/mol. The van der Waals surface area contributed by atoms with E-state index in [1.807, 2.05) is 36.4 Å². The van der Waals surface area contributed by atoms with Crippen LogP contribution in [0.15, 0.2) is 73.1 Å². The molecular formula is C31H35N7O6. The van der Waals surface area contributed by atoms with E-state index >= 15 is 0 Å². The number of carbonyl (C=O) groups is 5. The molecule has 0 spiro atoms. The van der Waals surface area contributed by atoms with E-state index in [0.717, 1.165) is 5.56 Å². The van der Waals surface area contributed by atoms with Crippen LogP contribution in [0, 0.1) is 0 Å². The molecule has 13 heteroatoms. The van der Waals surface area contributed by atoms with Crippen molar-refractivity contribution in [2.24, 2.45) is 0 Å². The van der Waals surface area contributed by atoms with Gasteiger partial charge in [0.15, 0.2) is 6.10 Å². The van der Waals surface area contributed by atoms with E-state index in [9.17, 15) is 24.0 Å². The van der Waals surface area contributed by atoms with Crippen molar-refractivity contribution in [1.82, 2.24) is 35.5 Å². The molecule has 5 rings (SSSR count). The van der Waals surface area contributed by atoms with Crippen molar-refractivity contribution in [2.45, 2.75) is 37.6 Å². The molecule has 2 saturated heterocycles. The van der Waals surface area contributed by atoms with Gasteiger partial charge in [-0.25, -0.2) is 4.68 Å². The molecule has 13 nitrogen and oxygen atoms in total. The molecule has 2 aromatic carbocycles. The largest absolute Gasteiger partial charge is 0.360 e. The topological polar surface area (TPSA) is 155 Å². The van der Waals surface area contributed by atoms with Crippen molar-refractivity contribution < 1.29 is 28.7 Å². The van der Waals surface area contributed by atoms with Crippen molar-refractivity contribution >= 4 is 29.5 Å². The highest BCUT2D eigenvalue weighted by Gasteiger charge is 2.37. The van der Waals surface area contributed by atoms with Crippen molar-refractivity contribution in [3.63, 3.8) is 0 Å². The highest BCUT2D eigenvalue weighted by Crippen LogP contribution is 2.18. The summed E-state index contributed by atoms with van der Waals surface area (Å²) < 4.78 is 7.73. The molecule has 3 N–H and O–H groups in total. The van der Waals surface area contributed by atoms with Gasteiger partial charge in [0.05, 0.1) is 24.9 Å². The number of morpholine rings is 1. The Bertz CT molecular complexity index is 1510. The molecule has 5 amide bonds. The monoisotopic (exact) mass is 601 g/mol. The lowest BCUT2D eigenvalue weighted by Gasteiger charge is -2.38. The predicted octanol–water partition coefficient (Wildman–Crippen LogP) is -0.0977. The second kappa shape index (κ2) is 13.5. The molecule has 44 heavy (non-hydrogen) atoms. The zero-order chi connectivity index (χ0) is 31.2. The number of hydrogen-bond acceptors (Lipinski definition) is 7. The van der Waals surface area contributed by atoms with Crippen LogP contribution in [0.25, 0.3) is 5.69 Å². The third-order valence-corrected chi connectivity index (χ3v) is 7.54. The van der Waals surface area contributed by atoms with Gasteiger partial charge < -0.3 is 30.5 Å². The van der Waals surface area contributed by atoms with Crippen LogP contribution in [0.4, 0.5) is 0 Å². The standard InChI is InChI=1S/C31H35N7O6/c1-20-28(40)32-16-24-17-37(30(42)22-10-6-11-23(15-22)38-13-7-12-33-38)18-26(44-24)29(41)35-25(14-21-8-4-3-5-9-21)31(43)36(2)19-27(39)34-20/h3-13,15,20,24-26H,14,16-19H2,1-2H3,(H,32,40)(H,34,39)(H,35,41)/t20-,24+,25-,26-/m1/s1. The summed E-state index contributed by atoms with van der Waals surface area (Å²) in [4.78, 5) is 69.1. The average molecular weight is 602 g/mol. The van der Waals surface area contributed by atoms with Gasteiger partial charge in [-0.05, 0) is 36.8 Å². The Morgan fingerprint density at radius 3 is 2.52 bits per heavy atom. The van der Waals surface area contributed by atoms with Crippen molar-refractivity contribution in [1.29, 1.82) is 0 Å². The Hall–Kier alpha value is -5.04. The van der Waals surface area contributed by atoms with Gasteiger partial charge in [0.1, 0.15) is 12.1 Å². The van der Waals surface area contributed by atoms with Crippen molar-refractivity contribution in [3.8, 4) is 5.69 Å². The number of likely N-dealkylation sites (N-methyl/N-ethyl adjacent to an activating group) is 1. The lowest BCUT2D eigenvalue weighted by Crippen LogP contribution is -2.59. The molecule has 0 aliphatic carbocycles. The minimum atomic E-state index is -1.12. The molecule has 1 aromatic heterocycles. The summed E-state index contributed by atoms with van der Waals surface area (Å²) in [7, 11) is 1.46. The number of aromatic nitrogens is 2. The minimum absolute atomic E-state index is 0.00773. The molecule has 2 aliphatic rings. The molecule has 0 radical (unpaired) electrons. The minimum Gasteiger partial charge on any atom is -0.360 e. The third kappa shape index (κ3) is 7.29. The number of amides is 5. The molecule has 2 bridgehead atoms. The SMILES string of the molecule is C[C@H]1NC(=O)CN(C)C(=O)[C@@H](Cc2ccccc2)NC(=O)[C@H]2CN(C(=O)c3cccc(-n4cccn4)c3)C[C@H](CNC1=O)O2. The van der Waals surface area contributed by atoms with E-state index < -0.39 is 47.9 Å². The Labute approximate surface area is 254 Å². The maximum absolute atomic E-state index is 13.7. The number of nitrogens with one attached hydrogen (secondary N) is 3. The smallest absolute Gasteiger partial charge is 0.254 e. The summed E-state index contributed by atoms with van der Waals surface area (Å²) in [5, 5.41) is 12.4. The first-order chi connectivity index (χ1) is 21.2. The first kappa shape index (κ1) is 30.4. The van der Waals surface area contributed by atoms with Crippen molar-refractivity contribution in [2.75, 3.05) is 33.2 Å². The lowest BCUT2D eigenvalue weighted by molar-refractivity contribution is -0.148. The van der Waals surface area contributed by atoms with Crippen LogP contribution < -0.4 is 16.0 Å². The van der Waals surface area contributed by atoms with E-state index in [4.69, 9.17) is 4.74 Å². The highest BCUT2D eigenvalue weighted by molar-refractivity contribution is 5.96. The number of benzene rings is 2. The van der Waals surface area contributed by atoms with Gasteiger partial charge >= 0.3 is 0 Å². The first-order valence-electron chi connectivity index (χ1n) is 14.4. The number of carbonyl (C=O) groups excluding carboxylic acids is 5. The second-order valence-electron chi connectivity index (χ2n) is 10.9. The number of fused-ring (bicyclic) bond motifs is 2. The number of nitrogens with zero attached hydrogens (tertiary/aromatic N) is 4. The van der Waals surface area contributed by atoms with Gasteiger partial charge in [0.25, 0.3) is 11.8 Å². The molecule has 2 fully saturated rings. The van der Waals surface area contributed by atoms with Gasteiger partial charge in [0.2, 0.25) is 17.7 Å². The fraction of sp³-hybridized carbons (Fsp3) is 0.355. The maximum atomic E-state index is 13.7. The van der Waals surface area contributed by atoms with Crippen LogP contribution in [0.5, 0.6) is 0 Å². The molecule has 0 saturated carbocycles. The number of rotatable bonds is 4. The maximum Gasteiger partial charge on any atom is 0.254 e. The van der Waals surface area contributed by atoms with Gasteiger partial charge in [-0.2, -0.15) is 5.10 Å². The van der Waals surface area contributed by atoms with Gasteiger partial charge in [-0.15, -0.1) is 0 Å². The van der Waals surface area contributed by atoms with Crippen LogP contribution in [-0.2, 0) is 30.3 Å². The fourth-order valence-corrected chi connectivity index (χ4v) is 5.24. The molecule has 3 aromatic rings. The Morgan fingerprint density at radius 2 is 1.77 bits per heavy atom. The summed E-state index contributed by atoms with van der Waals surface area (Å²) in [6, 6.07) is 16.0. The highest BCUT2D eigenvalue weighted by atomic mass is 16.5. The molecule has 4 atom stereocenters. The molecule has 0 unspecified atom stereocenters. The van der Waals surface area contributed by atoms with Crippen LogP contribution in [0.2, 0.25) is 0 Å². The van der Waals surface area contributed by atoms with E-state index in [1.54, 1.807) is 41.3 Å². The Kier molecular flexibility index (Phi) is 9.34. The summed E-state index contributed by atoms with van der Waals surface area (Å²) >= 11 is 0. The lowest BCUT2D eigenvalue weighted by atomic mass is 10.0. The third-order valence-electron chi connectivity index (χ3n) is 7.54. The normalized spacial score (nSPS) is 23.6. The van der Waals surface area contributed by atoms with E-state index in [1.165, 1.54) is 23.8 Å². The van der Waals surface area contributed by atoms with Crippen LogP contribution in [0.3, 0.4) is 0 Å². The predicted molar refractivity (Wildman–Crippen MR) is 158 cm³/mol. The fourth-order valence-electron chi connectivity index (χ4n) is 5.24. The summed E-state index contributed by atoms with van der Waals surface area (Å²) in [6.07, 6.45) is 1.72. The summed E-state index contributed by atoms with van der Waals surface area (Å²) in [5.41, 5.74) is 1.89. The van der Waals surface area contributed by atoms with Gasteiger partial charge in [-0.1, -0.05) is 36.4 Å².